The van der Waals surface area contributed by atoms with E-state index in [1.54, 1.807) is 47.5 Å². The van der Waals surface area contributed by atoms with E-state index in [9.17, 15) is 14.7 Å². The number of phenols is 1. The third-order valence-corrected chi connectivity index (χ3v) is 7.35. The highest BCUT2D eigenvalue weighted by Gasteiger charge is 2.42. The van der Waals surface area contributed by atoms with Crippen LogP contribution in [-0.2, 0) is 26.7 Å². The summed E-state index contributed by atoms with van der Waals surface area (Å²) in [5.41, 5.74) is 5.10. The van der Waals surface area contributed by atoms with E-state index in [4.69, 9.17) is 9.47 Å². The van der Waals surface area contributed by atoms with Crippen LogP contribution in [0.1, 0.15) is 18.9 Å². The van der Waals surface area contributed by atoms with Crippen molar-refractivity contribution in [3.8, 4) is 22.6 Å². The maximum absolute atomic E-state index is 13.5. The highest BCUT2D eigenvalue weighted by molar-refractivity contribution is 6.04. The van der Waals surface area contributed by atoms with Gasteiger partial charge in [-0.25, -0.2) is 4.79 Å². The van der Waals surface area contributed by atoms with E-state index in [0.29, 0.717) is 31.0 Å². The third kappa shape index (κ3) is 3.85. The van der Waals surface area contributed by atoms with Crippen LogP contribution >= 0.6 is 0 Å². The Labute approximate surface area is 218 Å². The smallest absolute Gasteiger partial charge is 0.333 e. The van der Waals surface area contributed by atoms with Gasteiger partial charge in [0.05, 0.1) is 60.1 Å². The summed E-state index contributed by atoms with van der Waals surface area (Å²) in [4.78, 5) is 30.3. The van der Waals surface area contributed by atoms with Crippen LogP contribution in [0.3, 0.4) is 0 Å². The van der Waals surface area contributed by atoms with Crippen LogP contribution in [0.25, 0.3) is 38.8 Å². The molecule has 1 aliphatic heterocycles. The molecule has 192 valence electrons. The Balaban J connectivity index is 1.48. The number of hydrogen-bond donors (Lipinski definition) is 1. The molecule has 0 spiro atoms. The number of rotatable bonds is 6. The molecule has 1 aliphatic rings. The normalized spacial score (nSPS) is 14.5. The number of hydrogen-bond acceptors (Lipinski definition) is 6. The summed E-state index contributed by atoms with van der Waals surface area (Å²) in [6.07, 6.45) is 1.97. The lowest BCUT2D eigenvalue weighted by atomic mass is 9.76. The van der Waals surface area contributed by atoms with Gasteiger partial charge >= 0.3 is 11.7 Å². The van der Waals surface area contributed by atoms with Gasteiger partial charge in [-0.05, 0) is 60.0 Å². The minimum atomic E-state index is -0.415. The van der Waals surface area contributed by atoms with Gasteiger partial charge < -0.3 is 14.6 Å². The van der Waals surface area contributed by atoms with Crippen LogP contribution in [0.4, 0.5) is 0 Å². The number of carbonyl (C=O) groups is 1. The fraction of sp³-hybridized carbons (Fsp3) is 0.233. The number of esters is 1. The van der Waals surface area contributed by atoms with E-state index in [0.717, 1.165) is 33.1 Å². The van der Waals surface area contributed by atoms with E-state index in [1.165, 1.54) is 0 Å². The first-order valence-electron chi connectivity index (χ1n) is 12.5. The molecule has 8 heteroatoms. The number of benzene rings is 3. The Morgan fingerprint density at radius 3 is 2.53 bits per heavy atom. The van der Waals surface area contributed by atoms with Crippen LogP contribution in [-0.4, -0.2) is 45.0 Å². The third-order valence-electron chi connectivity index (χ3n) is 7.35. The summed E-state index contributed by atoms with van der Waals surface area (Å²) in [5, 5.41) is 10.8. The zero-order valence-corrected chi connectivity index (χ0v) is 21.2. The highest BCUT2D eigenvalue weighted by Crippen LogP contribution is 2.37. The van der Waals surface area contributed by atoms with Crippen LogP contribution in [0.15, 0.2) is 77.7 Å². The molecule has 0 radical (unpaired) electrons. The summed E-state index contributed by atoms with van der Waals surface area (Å²) in [5.74, 6) is -0.0557. The molecule has 0 aliphatic carbocycles. The molecular formula is C30H27N3O5. The van der Waals surface area contributed by atoms with Crippen molar-refractivity contribution in [3.63, 3.8) is 0 Å². The molecular weight excluding hydrogens is 482 g/mol. The van der Waals surface area contributed by atoms with E-state index in [1.807, 2.05) is 48.5 Å². The van der Waals surface area contributed by atoms with Gasteiger partial charge in [-0.15, -0.1) is 0 Å². The van der Waals surface area contributed by atoms with Crippen molar-refractivity contribution in [2.75, 3.05) is 19.8 Å². The van der Waals surface area contributed by atoms with Crippen molar-refractivity contribution in [2.45, 2.75) is 18.8 Å². The van der Waals surface area contributed by atoms with E-state index in [-0.39, 0.29) is 23.8 Å². The van der Waals surface area contributed by atoms with Crippen molar-refractivity contribution in [2.24, 2.45) is 7.05 Å². The predicted molar refractivity (Wildman–Crippen MR) is 145 cm³/mol. The molecule has 0 atom stereocenters. The molecule has 0 amide bonds. The Morgan fingerprint density at radius 2 is 1.84 bits per heavy atom. The molecule has 1 fully saturated rings. The van der Waals surface area contributed by atoms with Gasteiger partial charge in [0.25, 0.3) is 0 Å². The van der Waals surface area contributed by atoms with Crippen LogP contribution < -0.4 is 5.69 Å². The van der Waals surface area contributed by atoms with Crippen molar-refractivity contribution < 1.29 is 19.4 Å². The minimum absolute atomic E-state index is 0.182. The average molecular weight is 510 g/mol. The molecule has 1 N–H and O–H groups in total. The summed E-state index contributed by atoms with van der Waals surface area (Å²) in [6.45, 7) is 3.04. The lowest BCUT2D eigenvalue weighted by Crippen LogP contribution is -2.48. The van der Waals surface area contributed by atoms with Crippen molar-refractivity contribution >= 4 is 27.9 Å². The Hall–Kier alpha value is -4.43. The van der Waals surface area contributed by atoms with Crippen LogP contribution in [0, 0.1) is 0 Å². The lowest BCUT2D eigenvalue weighted by molar-refractivity contribution is -0.151. The largest absolute Gasteiger partial charge is 0.508 e. The topological polar surface area (TPSA) is 95.6 Å². The van der Waals surface area contributed by atoms with Gasteiger partial charge in [0.1, 0.15) is 5.75 Å². The molecule has 2 aromatic heterocycles. The number of aromatic hydroxyl groups is 1. The number of nitrogens with zero attached hydrogens (tertiary/aromatic N) is 3. The average Bonchev–Trinajstić information content (AvgIpc) is 3.16. The predicted octanol–water partition coefficient (Wildman–Crippen LogP) is 4.47. The number of phenolic OH excluding ortho intramolecular Hbond substituents is 1. The number of carbonyl (C=O) groups excluding carboxylic acids is 1. The van der Waals surface area contributed by atoms with Gasteiger partial charge in [0.15, 0.2) is 0 Å². The lowest BCUT2D eigenvalue weighted by Gasteiger charge is -2.41. The number of fused-ring (bicyclic) bond motifs is 3. The summed E-state index contributed by atoms with van der Waals surface area (Å²) in [7, 11) is 1.74. The number of aryl methyl sites for hydroxylation is 1. The Kier molecular flexibility index (Phi) is 5.76. The minimum Gasteiger partial charge on any atom is -0.508 e. The second-order valence-corrected chi connectivity index (χ2v) is 9.75. The number of imidazole rings is 1. The molecule has 5 aromatic rings. The standard InChI is InChI=1S/C30H27N3O5/c1-3-38-27(35)15-30(17-37-18-30)21-8-10-22(11-9-21)33-28-24-14-20(19-5-4-6-23(34)13-19)7-12-25(24)31-16-26(28)32(2)29(33)36/h4-14,16,34H,3,15,17-18H2,1-2H3. The zero-order chi connectivity index (χ0) is 26.4. The quantitative estimate of drug-likeness (QED) is 0.340. The van der Waals surface area contributed by atoms with Crippen LogP contribution in [0.5, 0.6) is 5.75 Å². The summed E-state index contributed by atoms with van der Waals surface area (Å²) < 4.78 is 14.0. The zero-order valence-electron chi connectivity index (χ0n) is 21.2. The first-order chi connectivity index (χ1) is 18.4. The first-order valence-corrected chi connectivity index (χ1v) is 12.5. The van der Waals surface area contributed by atoms with Crippen molar-refractivity contribution in [1.82, 2.24) is 14.1 Å². The molecule has 3 aromatic carbocycles. The van der Waals surface area contributed by atoms with Gasteiger partial charge in [0, 0.05) is 12.4 Å². The summed E-state index contributed by atoms with van der Waals surface area (Å²) >= 11 is 0. The highest BCUT2D eigenvalue weighted by atomic mass is 16.5. The van der Waals surface area contributed by atoms with Gasteiger partial charge in [0.2, 0.25) is 0 Å². The van der Waals surface area contributed by atoms with Gasteiger partial charge in [-0.2, -0.15) is 0 Å². The first kappa shape index (κ1) is 23.9. The Morgan fingerprint density at radius 1 is 1.08 bits per heavy atom. The van der Waals surface area contributed by atoms with E-state index < -0.39 is 5.41 Å². The molecule has 6 rings (SSSR count). The molecule has 8 nitrogen and oxygen atoms in total. The number of pyridine rings is 1. The van der Waals surface area contributed by atoms with E-state index in [2.05, 4.69) is 4.98 Å². The van der Waals surface area contributed by atoms with Crippen molar-refractivity contribution in [3.05, 3.63) is 89.0 Å². The van der Waals surface area contributed by atoms with Gasteiger partial charge in [-0.3, -0.25) is 18.9 Å². The number of ether oxygens (including phenoxy) is 2. The monoisotopic (exact) mass is 509 g/mol. The molecule has 1 saturated heterocycles. The molecule has 0 bridgehead atoms. The maximum Gasteiger partial charge on any atom is 0.333 e. The van der Waals surface area contributed by atoms with E-state index >= 15 is 0 Å². The fourth-order valence-corrected chi connectivity index (χ4v) is 5.27. The fourth-order valence-electron chi connectivity index (χ4n) is 5.27. The Bertz CT molecular complexity index is 1750. The maximum atomic E-state index is 13.5. The molecule has 0 unspecified atom stereocenters. The van der Waals surface area contributed by atoms with Gasteiger partial charge in [-0.1, -0.05) is 30.3 Å². The van der Waals surface area contributed by atoms with Crippen LogP contribution in [0.2, 0.25) is 0 Å². The number of aromatic nitrogens is 3. The summed E-state index contributed by atoms with van der Waals surface area (Å²) in [6, 6.07) is 20.7. The SMILES string of the molecule is CCOC(=O)CC1(c2ccc(-n3c(=O)n(C)c4cnc5ccc(-c6cccc(O)c6)cc5c43)cc2)COC1. The molecule has 3 heterocycles. The second-order valence-electron chi connectivity index (χ2n) is 9.75. The van der Waals surface area contributed by atoms with Crippen molar-refractivity contribution in [1.29, 1.82) is 0 Å². The molecule has 0 saturated carbocycles. The second kappa shape index (κ2) is 9.15. The molecule has 38 heavy (non-hydrogen) atoms.